The molecule has 14 heavy (non-hydrogen) atoms. The number of carbonyl (C=O) groups excluding carboxylic acids is 1. The molecule has 0 amide bonds. The Labute approximate surface area is 83.3 Å². The van der Waals surface area contributed by atoms with Gasteiger partial charge >= 0.3 is 0 Å². The molecule has 0 bridgehead atoms. The highest BCUT2D eigenvalue weighted by atomic mass is 16.1. The summed E-state index contributed by atoms with van der Waals surface area (Å²) in [4.78, 5) is 14.0. The fourth-order valence-electron chi connectivity index (χ4n) is 1.18. The molecule has 2 N–H and O–H groups in total. The van der Waals surface area contributed by atoms with Crippen molar-refractivity contribution in [2.45, 2.75) is 13.3 Å². The van der Waals surface area contributed by atoms with Crippen molar-refractivity contribution in [2.75, 3.05) is 5.73 Å². The number of hydrogen-bond donors (Lipinski definition) is 1. The topological polar surface area (TPSA) is 56.0 Å². The third-order valence-electron chi connectivity index (χ3n) is 1.84. The minimum atomic E-state index is 0.117. The minimum Gasteiger partial charge on any atom is -0.383 e. The lowest BCUT2D eigenvalue weighted by molar-refractivity contribution is -0.103. The summed E-state index contributed by atoms with van der Waals surface area (Å²) in [7, 11) is 0. The molecule has 0 spiro atoms. The predicted octanol–water partition coefficient (Wildman–Crippen LogP) is 1.04. The molecule has 0 unspecified atom stereocenters. The Hall–Kier alpha value is -1.82. The summed E-state index contributed by atoms with van der Waals surface area (Å²) in [5, 5.41) is 0. The fourth-order valence-corrected chi connectivity index (χ4v) is 1.18. The predicted molar refractivity (Wildman–Crippen MR) is 55.4 cm³/mol. The van der Waals surface area contributed by atoms with E-state index in [0.29, 0.717) is 12.1 Å². The van der Waals surface area contributed by atoms with E-state index < -0.39 is 0 Å². The van der Waals surface area contributed by atoms with Gasteiger partial charge in [-0.15, -0.1) is 0 Å². The van der Waals surface area contributed by atoms with Crippen molar-refractivity contribution in [2.24, 2.45) is 5.92 Å². The molecule has 0 aliphatic carbocycles. The van der Waals surface area contributed by atoms with Crippen LogP contribution in [0.5, 0.6) is 0 Å². The van der Waals surface area contributed by atoms with Crippen molar-refractivity contribution >= 4 is 12.1 Å². The number of rotatable bonds is 2. The number of carbonyl (C=O) groups is 1. The highest BCUT2D eigenvalue weighted by molar-refractivity contribution is 5.72. The number of pyridine rings is 1. The van der Waals surface area contributed by atoms with Crippen molar-refractivity contribution < 1.29 is 4.79 Å². The molecular weight excluding hydrogens is 176 g/mol. The van der Waals surface area contributed by atoms with Crippen molar-refractivity contribution in [1.82, 2.24) is 4.98 Å². The first kappa shape index (κ1) is 10.3. The Bertz CT molecular complexity index is 376. The zero-order chi connectivity index (χ0) is 10.4. The van der Waals surface area contributed by atoms with E-state index in [4.69, 9.17) is 5.73 Å². The Kier molecular flexibility index (Phi) is 3.69. The molecule has 0 saturated heterocycles. The largest absolute Gasteiger partial charge is 0.383 e. The molecule has 1 aromatic rings. The monoisotopic (exact) mass is 188 g/mol. The third-order valence-corrected chi connectivity index (χ3v) is 1.84. The lowest BCUT2D eigenvalue weighted by Crippen LogP contribution is -2.02. The van der Waals surface area contributed by atoms with Gasteiger partial charge in [-0.05, 0) is 24.0 Å². The molecule has 3 heteroatoms. The molecule has 1 rings (SSSR count). The average molecular weight is 188 g/mol. The summed E-state index contributed by atoms with van der Waals surface area (Å²) in [6.07, 6.45) is 2.98. The van der Waals surface area contributed by atoms with Crippen LogP contribution in [0.25, 0.3) is 0 Å². The first-order valence-corrected chi connectivity index (χ1v) is 4.38. The molecular formula is C11H12N2O. The second-order valence-corrected chi connectivity index (χ2v) is 3.06. The Balaban J connectivity index is 2.69. The van der Waals surface area contributed by atoms with Crippen molar-refractivity contribution in [3.63, 3.8) is 0 Å². The Morgan fingerprint density at radius 2 is 2.50 bits per heavy atom. The van der Waals surface area contributed by atoms with Gasteiger partial charge in [-0.1, -0.05) is 18.9 Å². The number of nitrogens with two attached hydrogens (primary N) is 1. The molecule has 3 nitrogen and oxygen atoms in total. The number of aldehydes is 1. The van der Waals surface area contributed by atoms with Crippen LogP contribution >= 0.6 is 0 Å². The molecule has 0 fully saturated rings. The van der Waals surface area contributed by atoms with Crippen LogP contribution in [-0.2, 0) is 11.2 Å². The third kappa shape index (κ3) is 2.91. The van der Waals surface area contributed by atoms with Gasteiger partial charge in [0.05, 0.1) is 0 Å². The second kappa shape index (κ2) is 5.03. The smallest absolute Gasteiger partial charge is 0.192 e. The van der Waals surface area contributed by atoms with Gasteiger partial charge in [-0.2, -0.15) is 0 Å². The van der Waals surface area contributed by atoms with Gasteiger partial charge in [0.1, 0.15) is 5.82 Å². The van der Waals surface area contributed by atoms with Crippen LogP contribution in [0.15, 0.2) is 18.3 Å². The van der Waals surface area contributed by atoms with E-state index in [1.807, 2.05) is 19.1 Å². The number of aromatic nitrogens is 1. The second-order valence-electron chi connectivity index (χ2n) is 3.06. The van der Waals surface area contributed by atoms with Crippen LogP contribution in [0.4, 0.5) is 5.82 Å². The summed E-state index contributed by atoms with van der Waals surface area (Å²) in [6.45, 7) is 1.95. The Morgan fingerprint density at radius 1 is 1.71 bits per heavy atom. The van der Waals surface area contributed by atoms with Gasteiger partial charge in [0.25, 0.3) is 0 Å². The molecule has 0 radical (unpaired) electrons. The normalized spacial score (nSPS) is 11.2. The summed E-state index contributed by atoms with van der Waals surface area (Å²) in [5.74, 6) is 5.85. The summed E-state index contributed by atoms with van der Waals surface area (Å²) in [5.41, 5.74) is 6.64. The van der Waals surface area contributed by atoms with E-state index >= 15 is 0 Å². The molecule has 0 saturated carbocycles. The van der Waals surface area contributed by atoms with E-state index in [1.54, 1.807) is 6.20 Å². The Morgan fingerprint density at radius 3 is 3.14 bits per heavy atom. The zero-order valence-electron chi connectivity index (χ0n) is 8.03. The van der Waals surface area contributed by atoms with Gasteiger partial charge < -0.3 is 5.73 Å². The molecule has 0 aliphatic rings. The fraction of sp³-hybridized carbons (Fsp3) is 0.273. The molecule has 72 valence electrons. The first-order valence-electron chi connectivity index (χ1n) is 4.38. The van der Waals surface area contributed by atoms with E-state index in [0.717, 1.165) is 12.0 Å². The van der Waals surface area contributed by atoms with Crippen LogP contribution in [0.2, 0.25) is 0 Å². The first-order chi connectivity index (χ1) is 6.74. The average Bonchev–Trinajstić information content (AvgIpc) is 2.18. The highest BCUT2D eigenvalue weighted by Crippen LogP contribution is 2.12. The van der Waals surface area contributed by atoms with Crippen molar-refractivity contribution in [3.8, 4) is 11.8 Å². The van der Waals surface area contributed by atoms with Crippen molar-refractivity contribution in [3.05, 3.63) is 23.9 Å². The quantitative estimate of drug-likeness (QED) is 0.557. The van der Waals surface area contributed by atoms with Gasteiger partial charge in [-0.3, -0.25) is 4.79 Å². The molecule has 0 aliphatic heterocycles. The van der Waals surface area contributed by atoms with E-state index in [-0.39, 0.29) is 5.92 Å². The van der Waals surface area contributed by atoms with Gasteiger partial charge in [0.2, 0.25) is 0 Å². The zero-order valence-corrected chi connectivity index (χ0v) is 8.03. The standard InChI is InChI=1S/C11H12N2O/c1-9(4-3-7-14)8-10-5-2-6-13-11(10)12/h2,5-7,9H,8H2,1H3,(H2,12,13)/t9-/m1/s1. The maximum atomic E-state index is 10.0. The lowest BCUT2D eigenvalue weighted by Gasteiger charge is -2.05. The van der Waals surface area contributed by atoms with E-state index in [2.05, 4.69) is 16.8 Å². The van der Waals surface area contributed by atoms with Gasteiger partial charge in [0.15, 0.2) is 6.29 Å². The number of hydrogen-bond acceptors (Lipinski definition) is 3. The van der Waals surface area contributed by atoms with Crippen LogP contribution in [-0.4, -0.2) is 11.3 Å². The van der Waals surface area contributed by atoms with E-state index in [1.165, 1.54) is 0 Å². The lowest BCUT2D eigenvalue weighted by atomic mass is 10.0. The number of anilines is 1. The maximum absolute atomic E-state index is 10.0. The minimum absolute atomic E-state index is 0.117. The maximum Gasteiger partial charge on any atom is 0.192 e. The van der Waals surface area contributed by atoms with E-state index in [9.17, 15) is 4.79 Å². The molecule has 1 heterocycles. The summed E-state index contributed by atoms with van der Waals surface area (Å²) < 4.78 is 0. The van der Waals surface area contributed by atoms with Crippen molar-refractivity contribution in [1.29, 1.82) is 0 Å². The van der Waals surface area contributed by atoms with Crippen LogP contribution in [0.1, 0.15) is 12.5 Å². The number of nitrogens with zero attached hydrogens (tertiary/aromatic N) is 1. The van der Waals surface area contributed by atoms with Crippen LogP contribution < -0.4 is 5.73 Å². The highest BCUT2D eigenvalue weighted by Gasteiger charge is 2.03. The summed E-state index contributed by atoms with van der Waals surface area (Å²) in [6, 6.07) is 3.76. The molecule has 1 atom stereocenters. The summed E-state index contributed by atoms with van der Waals surface area (Å²) >= 11 is 0. The molecule has 1 aromatic heterocycles. The van der Waals surface area contributed by atoms with Gasteiger partial charge in [0, 0.05) is 12.1 Å². The van der Waals surface area contributed by atoms with Gasteiger partial charge in [-0.25, -0.2) is 4.98 Å². The van der Waals surface area contributed by atoms with Crippen LogP contribution in [0.3, 0.4) is 0 Å². The molecule has 0 aromatic carbocycles. The SMILES string of the molecule is C[C@H](C#CC=O)Cc1cccnc1N. The van der Waals surface area contributed by atoms with Crippen LogP contribution in [0, 0.1) is 17.8 Å². The number of nitrogen functional groups attached to an aromatic ring is 1.